The molecule has 5 heteroatoms. The number of carbonyl (C=O) groups is 1. The fourth-order valence-electron chi connectivity index (χ4n) is 1.25. The summed E-state index contributed by atoms with van der Waals surface area (Å²) in [4.78, 5) is 11.6. The Kier molecular flexibility index (Phi) is 3.36. The normalized spacial score (nSPS) is 10.1. The fourth-order valence-corrected chi connectivity index (χ4v) is 1.63. The molecular weight excluding hydrogens is 272 g/mol. The molecule has 0 unspecified atom stereocenters. The molecule has 0 saturated heterocycles. The van der Waals surface area contributed by atoms with Gasteiger partial charge in [-0.15, -0.1) is 0 Å². The van der Waals surface area contributed by atoms with E-state index < -0.39 is 0 Å². The van der Waals surface area contributed by atoms with Crippen molar-refractivity contribution in [1.82, 2.24) is 5.16 Å². The van der Waals surface area contributed by atoms with E-state index >= 15 is 0 Å². The summed E-state index contributed by atoms with van der Waals surface area (Å²) in [5.74, 6) is -0.124. The highest BCUT2D eigenvalue weighted by Gasteiger charge is 2.07. The minimum atomic E-state index is -0.124. The van der Waals surface area contributed by atoms with Crippen LogP contribution in [0.5, 0.6) is 0 Å². The summed E-state index contributed by atoms with van der Waals surface area (Å²) in [6.07, 6.45) is 1.65. The summed E-state index contributed by atoms with van der Waals surface area (Å²) in [6.45, 7) is 0. The molecule has 1 aromatic heterocycles. The van der Waals surface area contributed by atoms with Gasteiger partial charge in [0, 0.05) is 10.5 Å². The largest absolute Gasteiger partial charge is 0.364 e. The van der Waals surface area contributed by atoms with E-state index in [1.54, 1.807) is 6.07 Å². The number of benzene rings is 1. The Morgan fingerprint density at radius 3 is 2.88 bits per heavy atom. The maximum Gasteiger partial charge on any atom is 0.230 e. The molecule has 82 valence electrons. The summed E-state index contributed by atoms with van der Waals surface area (Å²) >= 11 is 3.35. The average molecular weight is 281 g/mol. The Hall–Kier alpha value is -1.62. The molecule has 16 heavy (non-hydrogen) atoms. The van der Waals surface area contributed by atoms with E-state index in [1.807, 2.05) is 24.3 Å². The first-order valence-corrected chi connectivity index (χ1v) is 5.48. The number of rotatable bonds is 3. The zero-order valence-corrected chi connectivity index (χ0v) is 9.90. The van der Waals surface area contributed by atoms with Gasteiger partial charge >= 0.3 is 0 Å². The van der Waals surface area contributed by atoms with Crippen molar-refractivity contribution in [3.8, 4) is 0 Å². The molecule has 0 spiro atoms. The van der Waals surface area contributed by atoms with E-state index in [4.69, 9.17) is 0 Å². The predicted octanol–water partition coefficient (Wildman–Crippen LogP) is 2.62. The van der Waals surface area contributed by atoms with Gasteiger partial charge in [-0.3, -0.25) is 4.79 Å². The molecule has 1 aromatic carbocycles. The summed E-state index contributed by atoms with van der Waals surface area (Å²) in [5.41, 5.74) is 1.36. The van der Waals surface area contributed by atoms with Crippen molar-refractivity contribution in [2.75, 3.05) is 5.32 Å². The van der Waals surface area contributed by atoms with Crippen molar-refractivity contribution in [3.63, 3.8) is 0 Å². The Bertz CT molecular complexity index is 482. The zero-order valence-electron chi connectivity index (χ0n) is 8.31. The van der Waals surface area contributed by atoms with E-state index in [9.17, 15) is 4.79 Å². The van der Waals surface area contributed by atoms with Gasteiger partial charge in [-0.1, -0.05) is 17.3 Å². The Morgan fingerprint density at radius 2 is 2.19 bits per heavy atom. The van der Waals surface area contributed by atoms with Crippen LogP contribution in [0.1, 0.15) is 5.69 Å². The van der Waals surface area contributed by atoms with Crippen LogP contribution in [0, 0.1) is 0 Å². The third-order valence-electron chi connectivity index (χ3n) is 1.98. The molecule has 0 radical (unpaired) electrons. The standard InChI is InChI=1S/C11H9BrN2O2/c12-9-3-1-2-4-10(9)13-11(15)7-8-5-6-16-14-8/h1-6H,7H2,(H,13,15). The zero-order chi connectivity index (χ0) is 11.4. The number of hydrogen-bond acceptors (Lipinski definition) is 3. The van der Waals surface area contributed by atoms with Crippen LogP contribution in [0.4, 0.5) is 5.69 Å². The maximum absolute atomic E-state index is 11.6. The molecular formula is C11H9BrN2O2. The average Bonchev–Trinajstić information content (AvgIpc) is 2.74. The first-order valence-electron chi connectivity index (χ1n) is 4.69. The number of nitrogens with one attached hydrogen (secondary N) is 1. The highest BCUT2D eigenvalue weighted by atomic mass is 79.9. The number of amides is 1. The number of para-hydroxylation sites is 1. The molecule has 0 bridgehead atoms. The van der Waals surface area contributed by atoms with Crippen LogP contribution in [0.15, 0.2) is 45.6 Å². The van der Waals surface area contributed by atoms with Crippen molar-refractivity contribution in [3.05, 3.63) is 46.8 Å². The molecule has 2 aromatic rings. The number of halogens is 1. The highest BCUT2D eigenvalue weighted by Crippen LogP contribution is 2.21. The van der Waals surface area contributed by atoms with Crippen molar-refractivity contribution in [1.29, 1.82) is 0 Å². The Morgan fingerprint density at radius 1 is 1.38 bits per heavy atom. The lowest BCUT2D eigenvalue weighted by Crippen LogP contribution is -2.14. The molecule has 0 saturated carbocycles. The number of nitrogens with zero attached hydrogens (tertiary/aromatic N) is 1. The quantitative estimate of drug-likeness (QED) is 0.940. The molecule has 0 atom stereocenters. The molecule has 1 amide bonds. The second-order valence-electron chi connectivity index (χ2n) is 3.20. The van der Waals surface area contributed by atoms with E-state index in [2.05, 4.69) is 30.9 Å². The van der Waals surface area contributed by atoms with E-state index in [0.29, 0.717) is 5.69 Å². The number of hydrogen-bond donors (Lipinski definition) is 1. The lowest BCUT2D eigenvalue weighted by molar-refractivity contribution is -0.115. The number of aromatic nitrogens is 1. The van der Waals surface area contributed by atoms with Crippen molar-refractivity contribution < 1.29 is 9.32 Å². The first kappa shape index (κ1) is 10.9. The predicted molar refractivity (Wildman–Crippen MR) is 63.0 cm³/mol. The lowest BCUT2D eigenvalue weighted by atomic mass is 10.2. The molecule has 1 heterocycles. The van der Waals surface area contributed by atoms with Crippen LogP contribution in [0.2, 0.25) is 0 Å². The summed E-state index contributed by atoms with van der Waals surface area (Å²) in [6, 6.07) is 9.10. The van der Waals surface area contributed by atoms with Gasteiger partial charge in [-0.2, -0.15) is 0 Å². The molecule has 0 aliphatic heterocycles. The van der Waals surface area contributed by atoms with Crippen LogP contribution in [-0.4, -0.2) is 11.1 Å². The van der Waals surface area contributed by atoms with Crippen molar-refractivity contribution >= 4 is 27.5 Å². The minimum Gasteiger partial charge on any atom is -0.364 e. The third-order valence-corrected chi connectivity index (χ3v) is 2.67. The van der Waals surface area contributed by atoms with Gasteiger partial charge in [-0.05, 0) is 28.1 Å². The summed E-state index contributed by atoms with van der Waals surface area (Å²) in [5, 5.41) is 6.45. The van der Waals surface area contributed by atoms with Gasteiger partial charge in [-0.25, -0.2) is 0 Å². The van der Waals surface area contributed by atoms with Crippen LogP contribution >= 0.6 is 15.9 Å². The van der Waals surface area contributed by atoms with Crippen molar-refractivity contribution in [2.24, 2.45) is 0 Å². The number of anilines is 1. The van der Waals surface area contributed by atoms with Crippen LogP contribution in [0.25, 0.3) is 0 Å². The summed E-state index contributed by atoms with van der Waals surface area (Å²) < 4.78 is 5.50. The van der Waals surface area contributed by atoms with Crippen LogP contribution < -0.4 is 5.32 Å². The molecule has 2 rings (SSSR count). The van der Waals surface area contributed by atoms with Gasteiger partial charge in [0.15, 0.2) is 0 Å². The molecule has 0 fully saturated rings. The third kappa shape index (κ3) is 2.70. The van der Waals surface area contributed by atoms with Crippen LogP contribution in [-0.2, 0) is 11.2 Å². The van der Waals surface area contributed by atoms with E-state index in [0.717, 1.165) is 10.2 Å². The summed E-state index contributed by atoms with van der Waals surface area (Å²) in [7, 11) is 0. The minimum absolute atomic E-state index is 0.124. The first-order chi connectivity index (χ1) is 7.75. The fraction of sp³-hybridized carbons (Fsp3) is 0.0909. The topological polar surface area (TPSA) is 55.1 Å². The van der Waals surface area contributed by atoms with Gasteiger partial charge < -0.3 is 9.84 Å². The molecule has 0 aliphatic rings. The van der Waals surface area contributed by atoms with Crippen molar-refractivity contribution in [2.45, 2.75) is 6.42 Å². The Balaban J connectivity index is 2.00. The van der Waals surface area contributed by atoms with Gasteiger partial charge in [0.05, 0.1) is 17.8 Å². The molecule has 1 N–H and O–H groups in total. The van der Waals surface area contributed by atoms with E-state index in [-0.39, 0.29) is 12.3 Å². The monoisotopic (exact) mass is 280 g/mol. The smallest absolute Gasteiger partial charge is 0.230 e. The second kappa shape index (κ2) is 4.94. The van der Waals surface area contributed by atoms with Gasteiger partial charge in [0.1, 0.15) is 6.26 Å². The molecule has 0 aliphatic carbocycles. The maximum atomic E-state index is 11.6. The van der Waals surface area contributed by atoms with Gasteiger partial charge in [0.2, 0.25) is 5.91 Å². The lowest BCUT2D eigenvalue weighted by Gasteiger charge is -2.05. The van der Waals surface area contributed by atoms with Crippen LogP contribution in [0.3, 0.4) is 0 Å². The SMILES string of the molecule is O=C(Cc1ccon1)Nc1ccccc1Br. The highest BCUT2D eigenvalue weighted by molar-refractivity contribution is 9.10. The number of carbonyl (C=O) groups excluding carboxylic acids is 1. The Labute approximate surface area is 101 Å². The van der Waals surface area contributed by atoms with E-state index in [1.165, 1.54) is 6.26 Å². The second-order valence-corrected chi connectivity index (χ2v) is 4.05. The molecule has 4 nitrogen and oxygen atoms in total. The van der Waals surface area contributed by atoms with Gasteiger partial charge in [0.25, 0.3) is 0 Å².